The van der Waals surface area contributed by atoms with E-state index in [-0.39, 0.29) is 18.1 Å². The van der Waals surface area contributed by atoms with Gasteiger partial charge < -0.3 is 20.1 Å². The van der Waals surface area contributed by atoms with Crippen molar-refractivity contribution in [1.29, 1.82) is 0 Å². The number of nitrogens with zero attached hydrogens (tertiary/aromatic N) is 1. The summed E-state index contributed by atoms with van der Waals surface area (Å²) in [6.45, 7) is 4.84. The lowest BCUT2D eigenvalue weighted by molar-refractivity contribution is -0.137. The van der Waals surface area contributed by atoms with Crippen LogP contribution in [0.1, 0.15) is 20.3 Å². The zero-order valence-electron chi connectivity index (χ0n) is 9.65. The van der Waals surface area contributed by atoms with Crippen LogP contribution >= 0.6 is 0 Å². The number of carboxylic acid groups (broad SMARTS) is 1. The van der Waals surface area contributed by atoms with Crippen LogP contribution in [-0.2, 0) is 9.53 Å². The molecule has 1 unspecified atom stereocenters. The molecule has 0 spiro atoms. The highest BCUT2D eigenvalue weighted by Crippen LogP contribution is 2.17. The van der Waals surface area contributed by atoms with Gasteiger partial charge in [0, 0.05) is 13.2 Å². The van der Waals surface area contributed by atoms with E-state index in [2.05, 4.69) is 5.32 Å². The summed E-state index contributed by atoms with van der Waals surface area (Å²) in [5.41, 5.74) is -0.372. The molecule has 0 aromatic heterocycles. The Balaban J connectivity index is 2.51. The van der Waals surface area contributed by atoms with Crippen molar-refractivity contribution in [2.75, 3.05) is 26.3 Å². The summed E-state index contributed by atoms with van der Waals surface area (Å²) < 4.78 is 5.21. The van der Waals surface area contributed by atoms with E-state index >= 15 is 0 Å². The maximum Gasteiger partial charge on any atom is 0.323 e. The van der Waals surface area contributed by atoms with Gasteiger partial charge in [0.05, 0.1) is 12.1 Å². The molecule has 0 aromatic rings. The van der Waals surface area contributed by atoms with Gasteiger partial charge in [-0.1, -0.05) is 0 Å². The highest BCUT2D eigenvalue weighted by Gasteiger charge is 2.32. The molecule has 1 aliphatic rings. The number of aliphatic carboxylic acids is 1. The van der Waals surface area contributed by atoms with Gasteiger partial charge in [0.1, 0.15) is 6.54 Å². The summed E-state index contributed by atoms with van der Waals surface area (Å²) in [6.07, 6.45) is 0.753. The molecule has 0 saturated carbocycles. The average molecular weight is 230 g/mol. The predicted octanol–water partition coefficient (Wildman–Crippen LogP) is 0.281. The van der Waals surface area contributed by atoms with Crippen LogP contribution in [0.25, 0.3) is 0 Å². The third-order valence-electron chi connectivity index (χ3n) is 2.62. The lowest BCUT2D eigenvalue weighted by Crippen LogP contribution is -2.53. The van der Waals surface area contributed by atoms with Crippen LogP contribution in [0.3, 0.4) is 0 Å². The number of hydrogen-bond acceptors (Lipinski definition) is 3. The molecule has 1 rings (SSSR count). The van der Waals surface area contributed by atoms with Crippen molar-refractivity contribution in [2.24, 2.45) is 0 Å². The summed E-state index contributed by atoms with van der Waals surface area (Å²) in [4.78, 5) is 23.6. The normalized spacial score (nSPS) is 24.1. The number of hydrogen-bond donors (Lipinski definition) is 2. The first-order chi connectivity index (χ1) is 7.47. The minimum Gasteiger partial charge on any atom is -0.480 e. The third kappa shape index (κ3) is 3.37. The Morgan fingerprint density at radius 1 is 1.56 bits per heavy atom. The Bertz CT molecular complexity index is 274. The number of likely N-dealkylation sites (N-methyl/N-ethyl adjacent to an activating group) is 1. The summed E-state index contributed by atoms with van der Waals surface area (Å²) >= 11 is 0. The number of nitrogens with one attached hydrogen (secondary N) is 1. The van der Waals surface area contributed by atoms with E-state index in [1.807, 2.05) is 6.92 Å². The van der Waals surface area contributed by atoms with Crippen molar-refractivity contribution in [2.45, 2.75) is 25.8 Å². The first kappa shape index (κ1) is 12.8. The number of carbonyl (C=O) groups is 2. The Hall–Kier alpha value is -1.30. The largest absolute Gasteiger partial charge is 0.480 e. The topological polar surface area (TPSA) is 78.9 Å². The molecule has 1 atom stereocenters. The van der Waals surface area contributed by atoms with Gasteiger partial charge in [-0.25, -0.2) is 4.79 Å². The molecular formula is C10H18N2O4. The van der Waals surface area contributed by atoms with E-state index in [9.17, 15) is 9.59 Å². The first-order valence-electron chi connectivity index (χ1n) is 5.33. The van der Waals surface area contributed by atoms with E-state index < -0.39 is 5.97 Å². The van der Waals surface area contributed by atoms with Crippen molar-refractivity contribution < 1.29 is 19.4 Å². The molecule has 6 nitrogen and oxygen atoms in total. The van der Waals surface area contributed by atoms with Gasteiger partial charge in [-0.3, -0.25) is 4.79 Å². The highest BCUT2D eigenvalue weighted by molar-refractivity contribution is 5.80. The maximum absolute atomic E-state index is 11.8. The Kier molecular flexibility index (Phi) is 4.12. The van der Waals surface area contributed by atoms with Crippen molar-refractivity contribution in [3.05, 3.63) is 0 Å². The smallest absolute Gasteiger partial charge is 0.323 e. The molecule has 0 radical (unpaired) electrons. The molecule has 1 saturated heterocycles. The van der Waals surface area contributed by atoms with E-state index in [1.54, 1.807) is 6.92 Å². The van der Waals surface area contributed by atoms with Crippen LogP contribution in [0.4, 0.5) is 4.79 Å². The first-order valence-corrected chi connectivity index (χ1v) is 5.33. The van der Waals surface area contributed by atoms with E-state index in [0.717, 1.165) is 6.42 Å². The molecule has 16 heavy (non-hydrogen) atoms. The molecule has 1 aliphatic heterocycles. The van der Waals surface area contributed by atoms with Gasteiger partial charge in [-0.15, -0.1) is 0 Å². The van der Waals surface area contributed by atoms with Gasteiger partial charge in [0.15, 0.2) is 0 Å². The molecular weight excluding hydrogens is 212 g/mol. The van der Waals surface area contributed by atoms with Crippen LogP contribution < -0.4 is 5.32 Å². The minimum atomic E-state index is -1.01. The maximum atomic E-state index is 11.8. The molecule has 1 heterocycles. The Labute approximate surface area is 94.6 Å². The summed E-state index contributed by atoms with van der Waals surface area (Å²) in [5, 5.41) is 11.5. The fourth-order valence-corrected chi connectivity index (χ4v) is 1.59. The van der Waals surface area contributed by atoms with Gasteiger partial charge in [-0.2, -0.15) is 0 Å². The van der Waals surface area contributed by atoms with E-state index in [1.165, 1.54) is 4.90 Å². The van der Waals surface area contributed by atoms with Gasteiger partial charge in [0.25, 0.3) is 0 Å². The van der Waals surface area contributed by atoms with Crippen molar-refractivity contribution in [3.8, 4) is 0 Å². The molecule has 0 aromatic carbocycles. The average Bonchev–Trinajstić information content (AvgIpc) is 2.60. The van der Waals surface area contributed by atoms with Crippen LogP contribution in [0, 0.1) is 0 Å². The van der Waals surface area contributed by atoms with Gasteiger partial charge in [0.2, 0.25) is 0 Å². The Morgan fingerprint density at radius 2 is 2.25 bits per heavy atom. The third-order valence-corrected chi connectivity index (χ3v) is 2.62. The minimum absolute atomic E-state index is 0.279. The zero-order valence-corrected chi connectivity index (χ0v) is 9.65. The molecule has 0 aliphatic carbocycles. The lowest BCUT2D eigenvalue weighted by Gasteiger charge is -2.28. The Morgan fingerprint density at radius 3 is 2.69 bits per heavy atom. The SMILES string of the molecule is CCN(CC(=O)O)C(=O)NC1(C)CCOC1. The fourth-order valence-electron chi connectivity index (χ4n) is 1.59. The van der Waals surface area contributed by atoms with Crippen LogP contribution in [0.15, 0.2) is 0 Å². The predicted molar refractivity (Wildman–Crippen MR) is 57.3 cm³/mol. The number of carbonyl (C=O) groups excluding carboxylic acids is 1. The number of ether oxygens (including phenoxy) is 1. The molecule has 6 heteroatoms. The number of carboxylic acids is 1. The molecule has 92 valence electrons. The van der Waals surface area contributed by atoms with Crippen LogP contribution in [0.2, 0.25) is 0 Å². The number of urea groups is 1. The summed E-state index contributed by atoms with van der Waals surface area (Å²) in [7, 11) is 0. The number of amides is 2. The summed E-state index contributed by atoms with van der Waals surface area (Å²) in [5.74, 6) is -1.01. The quantitative estimate of drug-likeness (QED) is 0.727. The molecule has 0 bridgehead atoms. The molecule has 2 N–H and O–H groups in total. The van der Waals surface area contributed by atoms with Gasteiger partial charge >= 0.3 is 12.0 Å². The van der Waals surface area contributed by atoms with Gasteiger partial charge in [-0.05, 0) is 20.3 Å². The summed E-state index contributed by atoms with van der Waals surface area (Å²) in [6, 6.07) is -0.349. The number of rotatable bonds is 4. The highest BCUT2D eigenvalue weighted by atomic mass is 16.5. The van der Waals surface area contributed by atoms with Crippen molar-refractivity contribution in [3.63, 3.8) is 0 Å². The fraction of sp³-hybridized carbons (Fsp3) is 0.800. The monoisotopic (exact) mass is 230 g/mol. The van der Waals surface area contributed by atoms with Crippen LogP contribution in [0.5, 0.6) is 0 Å². The van der Waals surface area contributed by atoms with Crippen molar-refractivity contribution >= 4 is 12.0 Å². The second kappa shape index (κ2) is 5.16. The lowest BCUT2D eigenvalue weighted by atomic mass is 10.0. The van der Waals surface area contributed by atoms with Crippen LogP contribution in [-0.4, -0.2) is 53.8 Å². The molecule has 1 fully saturated rings. The zero-order chi connectivity index (χ0) is 12.2. The van der Waals surface area contributed by atoms with E-state index in [4.69, 9.17) is 9.84 Å². The van der Waals surface area contributed by atoms with Crippen molar-refractivity contribution in [1.82, 2.24) is 10.2 Å². The second-order valence-electron chi connectivity index (χ2n) is 4.20. The van der Waals surface area contributed by atoms with E-state index in [0.29, 0.717) is 19.8 Å². The second-order valence-corrected chi connectivity index (χ2v) is 4.20. The standard InChI is InChI=1S/C10H18N2O4/c1-3-12(6-8(13)14)9(15)11-10(2)4-5-16-7-10/h3-7H2,1-2H3,(H,11,15)(H,13,14). The molecule has 2 amide bonds.